The Morgan fingerprint density at radius 3 is 2.86 bits per heavy atom. The minimum Gasteiger partial charge on any atom is -0.491 e. The minimum atomic E-state index is -0.331. The first kappa shape index (κ1) is 18.5. The highest BCUT2D eigenvalue weighted by atomic mass is 19.1. The van der Waals surface area contributed by atoms with E-state index in [-0.39, 0.29) is 24.2 Å². The topological polar surface area (TPSA) is 67.8 Å². The van der Waals surface area contributed by atoms with E-state index in [0.29, 0.717) is 62.2 Å². The third kappa shape index (κ3) is 3.72. The van der Waals surface area contributed by atoms with Crippen molar-refractivity contribution in [2.24, 2.45) is 5.92 Å². The number of hydrogen-bond donors (Lipinski definition) is 0. The Balaban J connectivity index is 1.40. The fourth-order valence-electron chi connectivity index (χ4n) is 3.73. The zero-order valence-electron chi connectivity index (χ0n) is 15.8. The molecule has 1 fully saturated rings. The number of ether oxygens (including phenoxy) is 2. The number of halogens is 1. The van der Waals surface area contributed by atoms with Gasteiger partial charge in [0.1, 0.15) is 18.2 Å². The highest BCUT2D eigenvalue weighted by Crippen LogP contribution is 2.28. The number of benzene rings is 1. The molecule has 1 saturated heterocycles. The van der Waals surface area contributed by atoms with Crippen LogP contribution in [-0.4, -0.2) is 54.1 Å². The van der Waals surface area contributed by atoms with Crippen molar-refractivity contribution >= 4 is 11.9 Å². The number of carbonyl (C=O) groups is 1. The summed E-state index contributed by atoms with van der Waals surface area (Å²) in [5, 5.41) is 0. The molecule has 1 aromatic carbocycles. The van der Waals surface area contributed by atoms with Crippen molar-refractivity contribution in [2.45, 2.75) is 19.4 Å². The van der Waals surface area contributed by atoms with Crippen LogP contribution >= 0.6 is 0 Å². The van der Waals surface area contributed by atoms with E-state index in [0.717, 1.165) is 0 Å². The second-order valence-electron chi connectivity index (χ2n) is 6.99. The molecule has 2 aromatic rings. The SMILES string of the molecule is COc1ccnc(N2CCC(C(=O)N3CCOc4cccc(F)c4C3)CC2)n1. The lowest BCUT2D eigenvalue weighted by Crippen LogP contribution is -2.43. The Labute approximate surface area is 163 Å². The molecule has 2 aliphatic rings. The lowest BCUT2D eigenvalue weighted by molar-refractivity contribution is -0.137. The second-order valence-corrected chi connectivity index (χ2v) is 6.99. The van der Waals surface area contributed by atoms with E-state index in [2.05, 4.69) is 14.9 Å². The summed E-state index contributed by atoms with van der Waals surface area (Å²) in [5.74, 6) is 1.31. The number of anilines is 1. The van der Waals surface area contributed by atoms with Gasteiger partial charge in [-0.05, 0) is 25.0 Å². The molecule has 0 saturated carbocycles. The molecule has 0 bridgehead atoms. The maximum Gasteiger partial charge on any atom is 0.228 e. The number of amides is 1. The highest BCUT2D eigenvalue weighted by molar-refractivity contribution is 5.79. The first-order valence-electron chi connectivity index (χ1n) is 9.46. The van der Waals surface area contributed by atoms with E-state index in [1.54, 1.807) is 36.4 Å². The number of rotatable bonds is 3. The zero-order chi connectivity index (χ0) is 19.5. The lowest BCUT2D eigenvalue weighted by Gasteiger charge is -2.33. The maximum atomic E-state index is 14.2. The number of methoxy groups -OCH3 is 1. The van der Waals surface area contributed by atoms with Gasteiger partial charge in [0.25, 0.3) is 0 Å². The first-order valence-corrected chi connectivity index (χ1v) is 9.46. The van der Waals surface area contributed by atoms with Crippen LogP contribution in [0.25, 0.3) is 0 Å². The number of aromatic nitrogens is 2. The molecule has 0 spiro atoms. The van der Waals surface area contributed by atoms with Crippen LogP contribution < -0.4 is 14.4 Å². The van der Waals surface area contributed by atoms with Crippen molar-refractivity contribution in [3.05, 3.63) is 41.8 Å². The number of fused-ring (bicyclic) bond motifs is 1. The van der Waals surface area contributed by atoms with Crippen molar-refractivity contribution in [1.29, 1.82) is 0 Å². The van der Waals surface area contributed by atoms with E-state index in [1.165, 1.54) is 6.07 Å². The molecule has 148 valence electrons. The summed E-state index contributed by atoms with van der Waals surface area (Å²) in [4.78, 5) is 25.5. The molecule has 0 aliphatic carbocycles. The van der Waals surface area contributed by atoms with Gasteiger partial charge < -0.3 is 19.3 Å². The normalized spacial score (nSPS) is 17.5. The molecular weight excluding hydrogens is 363 g/mol. The summed E-state index contributed by atoms with van der Waals surface area (Å²) in [6.45, 7) is 2.47. The van der Waals surface area contributed by atoms with E-state index >= 15 is 0 Å². The molecule has 0 unspecified atom stereocenters. The van der Waals surface area contributed by atoms with Crippen LogP contribution in [0.4, 0.5) is 10.3 Å². The summed E-state index contributed by atoms with van der Waals surface area (Å²) in [6.07, 6.45) is 3.09. The van der Waals surface area contributed by atoms with Gasteiger partial charge in [-0.25, -0.2) is 9.37 Å². The molecule has 8 heteroatoms. The molecule has 0 radical (unpaired) electrons. The molecule has 3 heterocycles. The van der Waals surface area contributed by atoms with Gasteiger partial charge in [-0.1, -0.05) is 6.07 Å². The van der Waals surface area contributed by atoms with Gasteiger partial charge >= 0.3 is 0 Å². The average Bonchev–Trinajstić information content (AvgIpc) is 2.97. The molecule has 4 rings (SSSR count). The van der Waals surface area contributed by atoms with Crippen LogP contribution in [0.3, 0.4) is 0 Å². The van der Waals surface area contributed by atoms with Gasteiger partial charge in [-0.15, -0.1) is 0 Å². The Morgan fingerprint density at radius 2 is 2.07 bits per heavy atom. The number of hydrogen-bond acceptors (Lipinski definition) is 6. The fraction of sp³-hybridized carbons (Fsp3) is 0.450. The quantitative estimate of drug-likeness (QED) is 0.806. The number of nitrogens with zero attached hydrogens (tertiary/aromatic N) is 4. The average molecular weight is 386 g/mol. The summed E-state index contributed by atoms with van der Waals surface area (Å²) in [7, 11) is 1.57. The first-order chi connectivity index (χ1) is 13.7. The molecule has 0 atom stereocenters. The number of piperidine rings is 1. The molecule has 1 amide bonds. The van der Waals surface area contributed by atoms with Crippen LogP contribution in [0.2, 0.25) is 0 Å². The predicted octanol–water partition coefficient (Wildman–Crippen LogP) is 2.26. The minimum absolute atomic E-state index is 0.0610. The van der Waals surface area contributed by atoms with Gasteiger partial charge in [0.2, 0.25) is 17.7 Å². The Hall–Kier alpha value is -2.90. The summed E-state index contributed by atoms with van der Waals surface area (Å²) >= 11 is 0. The van der Waals surface area contributed by atoms with Crippen molar-refractivity contribution in [3.63, 3.8) is 0 Å². The fourth-order valence-corrected chi connectivity index (χ4v) is 3.73. The van der Waals surface area contributed by atoms with Gasteiger partial charge in [-0.3, -0.25) is 4.79 Å². The molecule has 2 aliphatic heterocycles. The van der Waals surface area contributed by atoms with Crippen molar-refractivity contribution in [2.75, 3.05) is 38.3 Å². The van der Waals surface area contributed by atoms with Gasteiger partial charge in [0.05, 0.1) is 20.2 Å². The second kappa shape index (κ2) is 8.00. The Morgan fingerprint density at radius 1 is 1.25 bits per heavy atom. The predicted molar refractivity (Wildman–Crippen MR) is 101 cm³/mol. The van der Waals surface area contributed by atoms with Crippen LogP contribution in [0, 0.1) is 11.7 Å². The van der Waals surface area contributed by atoms with Gasteiger partial charge in [0.15, 0.2) is 0 Å². The van der Waals surface area contributed by atoms with Gasteiger partial charge in [0, 0.05) is 36.8 Å². The van der Waals surface area contributed by atoms with Crippen molar-refractivity contribution in [1.82, 2.24) is 14.9 Å². The Kier molecular flexibility index (Phi) is 5.27. The highest BCUT2D eigenvalue weighted by Gasteiger charge is 2.31. The summed E-state index contributed by atoms with van der Waals surface area (Å²) in [6, 6.07) is 6.49. The summed E-state index contributed by atoms with van der Waals surface area (Å²) in [5.41, 5.74) is 0.454. The third-order valence-electron chi connectivity index (χ3n) is 5.31. The monoisotopic (exact) mass is 386 g/mol. The maximum absolute atomic E-state index is 14.2. The van der Waals surface area contributed by atoms with Gasteiger partial charge in [-0.2, -0.15) is 4.98 Å². The molecule has 7 nitrogen and oxygen atoms in total. The van der Waals surface area contributed by atoms with E-state index < -0.39 is 0 Å². The standard InChI is InChI=1S/C20H23FN4O3/c1-27-18-5-8-22-20(23-18)24-9-6-14(7-10-24)19(26)25-11-12-28-17-4-2-3-16(21)15(17)13-25/h2-5,8,14H,6-7,9-13H2,1H3. The van der Waals surface area contributed by atoms with E-state index in [9.17, 15) is 9.18 Å². The summed E-state index contributed by atoms with van der Waals surface area (Å²) < 4.78 is 25.0. The molecule has 0 N–H and O–H groups in total. The van der Waals surface area contributed by atoms with Crippen LogP contribution in [0.15, 0.2) is 30.5 Å². The van der Waals surface area contributed by atoms with E-state index in [4.69, 9.17) is 9.47 Å². The Bertz CT molecular complexity index is 855. The van der Waals surface area contributed by atoms with Crippen LogP contribution in [0.1, 0.15) is 18.4 Å². The smallest absolute Gasteiger partial charge is 0.228 e. The molecule has 28 heavy (non-hydrogen) atoms. The van der Waals surface area contributed by atoms with Crippen molar-refractivity contribution < 1.29 is 18.7 Å². The largest absolute Gasteiger partial charge is 0.491 e. The lowest BCUT2D eigenvalue weighted by atomic mass is 9.95. The molecular formula is C20H23FN4O3. The third-order valence-corrected chi connectivity index (χ3v) is 5.31. The number of carbonyl (C=O) groups excluding carboxylic acids is 1. The zero-order valence-corrected chi connectivity index (χ0v) is 15.8. The van der Waals surface area contributed by atoms with Crippen LogP contribution in [-0.2, 0) is 11.3 Å². The molecule has 1 aromatic heterocycles. The van der Waals surface area contributed by atoms with E-state index in [1.807, 2.05) is 0 Å². The van der Waals surface area contributed by atoms with Crippen LogP contribution in [0.5, 0.6) is 11.6 Å². The van der Waals surface area contributed by atoms with Crippen molar-refractivity contribution in [3.8, 4) is 11.6 Å².